The molecule has 0 amide bonds. The molecule has 8 heteroatoms. The second-order valence-corrected chi connectivity index (χ2v) is 4.92. The summed E-state index contributed by atoms with van der Waals surface area (Å²) >= 11 is 0. The standard InChI is InChI=1S/C15H9F4NO3/c16-10-3-1-8(5-12(10)21)7-20-11-6-9(15(17,18)19)2-4-13(11)23-14(20)22/h1-6,21H,7H2. The van der Waals surface area contributed by atoms with Crippen LogP contribution in [0.5, 0.6) is 5.75 Å². The molecular formula is C15H9F4NO3. The molecule has 0 saturated carbocycles. The van der Waals surface area contributed by atoms with Crippen LogP contribution in [-0.2, 0) is 12.7 Å². The zero-order valence-corrected chi connectivity index (χ0v) is 11.4. The average molecular weight is 327 g/mol. The molecule has 0 aliphatic carbocycles. The summed E-state index contributed by atoms with van der Waals surface area (Å²) < 4.78 is 57.3. The van der Waals surface area contributed by atoms with Crippen molar-refractivity contribution >= 4 is 11.1 Å². The smallest absolute Gasteiger partial charge is 0.420 e. The number of benzene rings is 2. The van der Waals surface area contributed by atoms with Crippen molar-refractivity contribution in [2.75, 3.05) is 0 Å². The Hall–Kier alpha value is -2.77. The lowest BCUT2D eigenvalue weighted by atomic mass is 10.2. The third kappa shape index (κ3) is 2.79. The van der Waals surface area contributed by atoms with E-state index in [4.69, 9.17) is 4.42 Å². The SMILES string of the molecule is O=c1oc2ccc(C(F)(F)F)cc2n1Cc1ccc(F)c(O)c1. The molecule has 0 aliphatic rings. The molecule has 3 rings (SSSR count). The third-order valence-corrected chi connectivity index (χ3v) is 3.35. The molecule has 2 aromatic carbocycles. The van der Waals surface area contributed by atoms with Gasteiger partial charge in [0.1, 0.15) is 0 Å². The summed E-state index contributed by atoms with van der Waals surface area (Å²) in [7, 11) is 0. The van der Waals surface area contributed by atoms with Gasteiger partial charge >= 0.3 is 11.9 Å². The van der Waals surface area contributed by atoms with E-state index in [1.54, 1.807) is 0 Å². The highest BCUT2D eigenvalue weighted by Crippen LogP contribution is 2.31. The number of halogens is 4. The van der Waals surface area contributed by atoms with E-state index in [9.17, 15) is 27.5 Å². The first-order valence-corrected chi connectivity index (χ1v) is 6.43. The summed E-state index contributed by atoms with van der Waals surface area (Å²) in [5.74, 6) is -2.29. The van der Waals surface area contributed by atoms with Gasteiger partial charge in [0.2, 0.25) is 0 Å². The van der Waals surface area contributed by atoms with Crippen LogP contribution in [-0.4, -0.2) is 9.67 Å². The number of alkyl halides is 3. The summed E-state index contributed by atoms with van der Waals surface area (Å²) in [4.78, 5) is 11.8. The highest BCUT2D eigenvalue weighted by atomic mass is 19.4. The summed E-state index contributed by atoms with van der Waals surface area (Å²) in [6.45, 7) is -0.166. The molecule has 0 unspecified atom stereocenters. The topological polar surface area (TPSA) is 55.4 Å². The second-order valence-electron chi connectivity index (χ2n) is 4.92. The molecule has 23 heavy (non-hydrogen) atoms. The molecule has 3 aromatic rings. The van der Waals surface area contributed by atoms with E-state index in [0.717, 1.165) is 34.9 Å². The number of nitrogens with zero attached hydrogens (tertiary/aromatic N) is 1. The number of rotatable bonds is 2. The summed E-state index contributed by atoms with van der Waals surface area (Å²) in [5.41, 5.74) is -0.601. The first kappa shape index (κ1) is 15.1. The van der Waals surface area contributed by atoms with Gasteiger partial charge in [0.15, 0.2) is 17.1 Å². The maximum absolute atomic E-state index is 13.0. The minimum Gasteiger partial charge on any atom is -0.505 e. The molecule has 0 fully saturated rings. The van der Waals surface area contributed by atoms with Crippen molar-refractivity contribution in [3.8, 4) is 5.75 Å². The maximum Gasteiger partial charge on any atom is 0.420 e. The molecule has 0 radical (unpaired) electrons. The van der Waals surface area contributed by atoms with Crippen molar-refractivity contribution in [1.82, 2.24) is 4.57 Å². The van der Waals surface area contributed by atoms with Gasteiger partial charge in [-0.25, -0.2) is 9.18 Å². The van der Waals surface area contributed by atoms with Crippen LogP contribution in [0.3, 0.4) is 0 Å². The van der Waals surface area contributed by atoms with E-state index in [-0.39, 0.29) is 17.6 Å². The first-order valence-electron chi connectivity index (χ1n) is 6.43. The fourth-order valence-corrected chi connectivity index (χ4v) is 2.23. The number of hydrogen-bond donors (Lipinski definition) is 1. The van der Waals surface area contributed by atoms with Crippen LogP contribution in [0.15, 0.2) is 45.6 Å². The van der Waals surface area contributed by atoms with Gasteiger partial charge in [0.05, 0.1) is 17.6 Å². The van der Waals surface area contributed by atoms with Crippen molar-refractivity contribution in [3.05, 3.63) is 63.9 Å². The van der Waals surface area contributed by atoms with E-state index >= 15 is 0 Å². The fraction of sp³-hybridized carbons (Fsp3) is 0.133. The highest BCUT2D eigenvalue weighted by molar-refractivity contribution is 5.74. The number of phenols is 1. The molecule has 0 aliphatic heterocycles. The van der Waals surface area contributed by atoms with Crippen molar-refractivity contribution in [2.24, 2.45) is 0 Å². The van der Waals surface area contributed by atoms with Gasteiger partial charge in [-0.05, 0) is 35.9 Å². The van der Waals surface area contributed by atoms with Gasteiger partial charge in [-0.15, -0.1) is 0 Å². The molecule has 0 spiro atoms. The van der Waals surface area contributed by atoms with Gasteiger partial charge in [-0.3, -0.25) is 4.57 Å². The van der Waals surface area contributed by atoms with Crippen LogP contribution < -0.4 is 5.76 Å². The molecule has 4 nitrogen and oxygen atoms in total. The van der Waals surface area contributed by atoms with Crippen molar-refractivity contribution in [3.63, 3.8) is 0 Å². The Kier molecular flexibility index (Phi) is 3.39. The van der Waals surface area contributed by atoms with E-state index in [1.165, 1.54) is 6.07 Å². The third-order valence-electron chi connectivity index (χ3n) is 3.35. The second kappa shape index (κ2) is 5.15. The normalized spacial score (nSPS) is 12.0. The van der Waals surface area contributed by atoms with Crippen LogP contribution in [0.25, 0.3) is 11.1 Å². The molecule has 1 heterocycles. The van der Waals surface area contributed by atoms with Crippen LogP contribution in [0.2, 0.25) is 0 Å². The molecule has 0 saturated heterocycles. The van der Waals surface area contributed by atoms with E-state index in [1.807, 2.05) is 0 Å². The number of hydrogen-bond acceptors (Lipinski definition) is 3. The summed E-state index contributed by atoms with van der Waals surface area (Å²) in [6, 6.07) is 6.10. The van der Waals surface area contributed by atoms with E-state index in [2.05, 4.69) is 0 Å². The Labute approximate surface area is 126 Å². The van der Waals surface area contributed by atoms with Crippen molar-refractivity contribution < 1.29 is 27.1 Å². The van der Waals surface area contributed by atoms with Crippen LogP contribution in [0.4, 0.5) is 17.6 Å². The predicted octanol–water partition coefficient (Wildman–Crippen LogP) is 3.51. The van der Waals surface area contributed by atoms with Crippen molar-refractivity contribution in [2.45, 2.75) is 12.7 Å². The van der Waals surface area contributed by atoms with E-state index in [0.29, 0.717) is 5.56 Å². The quantitative estimate of drug-likeness (QED) is 0.733. The van der Waals surface area contributed by atoms with Gasteiger partial charge < -0.3 is 9.52 Å². The van der Waals surface area contributed by atoms with Gasteiger partial charge in [0.25, 0.3) is 0 Å². The largest absolute Gasteiger partial charge is 0.505 e. The van der Waals surface area contributed by atoms with Gasteiger partial charge in [-0.1, -0.05) is 6.07 Å². The van der Waals surface area contributed by atoms with Crippen LogP contribution in [0, 0.1) is 5.82 Å². The fourth-order valence-electron chi connectivity index (χ4n) is 2.23. The lowest BCUT2D eigenvalue weighted by Crippen LogP contribution is -2.15. The molecule has 0 bridgehead atoms. The minimum atomic E-state index is -4.56. The van der Waals surface area contributed by atoms with Crippen LogP contribution in [0.1, 0.15) is 11.1 Å². The molecule has 120 valence electrons. The summed E-state index contributed by atoms with van der Waals surface area (Å²) in [5, 5.41) is 9.33. The molecular weight excluding hydrogens is 318 g/mol. The zero-order valence-electron chi connectivity index (χ0n) is 11.4. The molecule has 1 aromatic heterocycles. The number of phenolic OH excluding ortho intramolecular Hbond substituents is 1. The number of fused-ring (bicyclic) bond motifs is 1. The Bertz CT molecular complexity index is 940. The Morgan fingerprint density at radius 2 is 1.87 bits per heavy atom. The van der Waals surface area contributed by atoms with Gasteiger partial charge in [0, 0.05) is 0 Å². The maximum atomic E-state index is 13.0. The zero-order chi connectivity index (χ0) is 16.8. The number of aromatic nitrogens is 1. The lowest BCUT2D eigenvalue weighted by molar-refractivity contribution is -0.137. The number of aromatic hydroxyl groups is 1. The van der Waals surface area contributed by atoms with Crippen LogP contribution >= 0.6 is 0 Å². The van der Waals surface area contributed by atoms with Crippen molar-refractivity contribution in [1.29, 1.82) is 0 Å². The lowest BCUT2D eigenvalue weighted by Gasteiger charge is -2.07. The monoisotopic (exact) mass is 327 g/mol. The van der Waals surface area contributed by atoms with Gasteiger partial charge in [-0.2, -0.15) is 13.2 Å². The number of oxazole rings is 1. The minimum absolute atomic E-state index is 0.00864. The van der Waals surface area contributed by atoms with E-state index < -0.39 is 29.1 Å². The Balaban J connectivity index is 2.10. The summed E-state index contributed by atoms with van der Waals surface area (Å²) in [6.07, 6.45) is -4.56. The Morgan fingerprint density at radius 3 is 2.52 bits per heavy atom. The average Bonchev–Trinajstić information content (AvgIpc) is 2.77. The molecule has 1 N–H and O–H groups in total. The first-order chi connectivity index (χ1) is 10.8. The Morgan fingerprint density at radius 1 is 1.13 bits per heavy atom. The molecule has 0 atom stereocenters. The predicted molar refractivity (Wildman–Crippen MR) is 72.6 cm³/mol. The highest BCUT2D eigenvalue weighted by Gasteiger charge is 2.31.